The molecule has 3 aromatic carbocycles. The van der Waals surface area contributed by atoms with Crippen LogP contribution < -0.4 is 5.43 Å². The molecule has 0 aliphatic heterocycles. The van der Waals surface area contributed by atoms with Crippen LogP contribution in [-0.4, -0.2) is 24.3 Å². The summed E-state index contributed by atoms with van der Waals surface area (Å²) < 4.78 is 77.9. The van der Waals surface area contributed by atoms with E-state index in [1.807, 2.05) is 30.3 Å². The Balaban J connectivity index is 1.50. The highest BCUT2D eigenvalue weighted by molar-refractivity contribution is 5.85. The fourth-order valence-electron chi connectivity index (χ4n) is 4.68. The van der Waals surface area contributed by atoms with Crippen LogP contribution in [0.1, 0.15) is 28.3 Å². The van der Waals surface area contributed by atoms with E-state index in [1.54, 1.807) is 13.1 Å². The van der Waals surface area contributed by atoms with Gasteiger partial charge in [0.2, 0.25) is 17.1 Å². The second-order valence-electron chi connectivity index (χ2n) is 9.72. The lowest BCUT2D eigenvalue weighted by Gasteiger charge is -2.16. The first-order valence-corrected chi connectivity index (χ1v) is 12.7. The van der Waals surface area contributed by atoms with Crippen LogP contribution in [0, 0.1) is 18.6 Å². The number of nitrogens with zero attached hydrogens (tertiary/aromatic N) is 5. The third-order valence-corrected chi connectivity index (χ3v) is 6.77. The number of imidazole rings is 1. The van der Waals surface area contributed by atoms with Gasteiger partial charge in [-0.1, -0.05) is 41.6 Å². The van der Waals surface area contributed by atoms with Gasteiger partial charge in [0.05, 0.1) is 47.3 Å². The van der Waals surface area contributed by atoms with Gasteiger partial charge < -0.3 is 13.7 Å². The highest BCUT2D eigenvalue weighted by atomic mass is 19.4. The van der Waals surface area contributed by atoms with Gasteiger partial charge >= 0.3 is 6.18 Å². The van der Waals surface area contributed by atoms with Gasteiger partial charge in [-0.3, -0.25) is 4.79 Å². The minimum absolute atomic E-state index is 0.0523. The molecule has 0 unspecified atom stereocenters. The van der Waals surface area contributed by atoms with E-state index in [1.165, 1.54) is 27.7 Å². The SMILES string of the molecule is Cc1cn(-c2cc3c(cc2F)c(=O)c(-c2noc(Cc4ccccc4)n2)cn3Cc2ccc(C(F)(F)F)cc2F)cn1. The lowest BCUT2D eigenvalue weighted by atomic mass is 10.1. The molecule has 0 spiro atoms. The first-order chi connectivity index (χ1) is 20.1. The number of alkyl halides is 3. The summed E-state index contributed by atoms with van der Waals surface area (Å²) in [7, 11) is 0. The number of hydrogen-bond acceptors (Lipinski definition) is 5. The van der Waals surface area contributed by atoms with Crippen molar-refractivity contribution in [2.75, 3.05) is 0 Å². The molecule has 7 nitrogen and oxygen atoms in total. The van der Waals surface area contributed by atoms with Crippen LogP contribution in [-0.2, 0) is 19.1 Å². The molecule has 0 aliphatic rings. The second kappa shape index (κ2) is 10.4. The van der Waals surface area contributed by atoms with Gasteiger partial charge in [-0.15, -0.1) is 0 Å². The van der Waals surface area contributed by atoms with Crippen molar-refractivity contribution >= 4 is 10.9 Å². The Morgan fingerprint density at radius 3 is 2.43 bits per heavy atom. The maximum absolute atomic E-state index is 15.3. The van der Waals surface area contributed by atoms with E-state index in [0.717, 1.165) is 23.8 Å². The number of pyridine rings is 1. The Labute approximate surface area is 234 Å². The molecule has 3 aromatic heterocycles. The lowest BCUT2D eigenvalue weighted by Crippen LogP contribution is -2.15. The zero-order chi connectivity index (χ0) is 29.6. The van der Waals surface area contributed by atoms with Crippen LogP contribution in [0.3, 0.4) is 0 Å². The monoisotopic (exact) mass is 577 g/mol. The zero-order valence-corrected chi connectivity index (χ0v) is 21.9. The number of halogens is 5. The largest absolute Gasteiger partial charge is 0.416 e. The van der Waals surface area contributed by atoms with E-state index in [4.69, 9.17) is 4.52 Å². The highest BCUT2D eigenvalue weighted by Gasteiger charge is 2.31. The molecule has 12 heteroatoms. The van der Waals surface area contributed by atoms with E-state index in [2.05, 4.69) is 15.1 Å². The summed E-state index contributed by atoms with van der Waals surface area (Å²) >= 11 is 0. The van der Waals surface area contributed by atoms with Gasteiger partial charge in [0.15, 0.2) is 0 Å². The molecular formula is C30H20F5N5O2. The summed E-state index contributed by atoms with van der Waals surface area (Å²) in [5.74, 6) is -1.65. The number of benzene rings is 3. The summed E-state index contributed by atoms with van der Waals surface area (Å²) in [6.07, 6.45) is -0.0693. The molecule has 0 atom stereocenters. The van der Waals surface area contributed by atoms with Gasteiger partial charge in [0.25, 0.3) is 0 Å². The highest BCUT2D eigenvalue weighted by Crippen LogP contribution is 2.31. The number of rotatable bonds is 6. The normalized spacial score (nSPS) is 11.9. The van der Waals surface area contributed by atoms with E-state index < -0.39 is 28.8 Å². The van der Waals surface area contributed by atoms with Gasteiger partial charge in [0.1, 0.15) is 11.6 Å². The molecule has 42 heavy (non-hydrogen) atoms. The molecule has 0 amide bonds. The Morgan fingerprint density at radius 1 is 0.952 bits per heavy atom. The van der Waals surface area contributed by atoms with Crippen molar-refractivity contribution in [1.82, 2.24) is 24.3 Å². The molecule has 0 fully saturated rings. The summed E-state index contributed by atoms with van der Waals surface area (Å²) in [4.78, 5) is 22.1. The number of aryl methyl sites for hydroxylation is 1. The lowest BCUT2D eigenvalue weighted by molar-refractivity contribution is -0.137. The van der Waals surface area contributed by atoms with E-state index >= 15 is 4.39 Å². The van der Waals surface area contributed by atoms with Crippen molar-refractivity contribution in [1.29, 1.82) is 0 Å². The van der Waals surface area contributed by atoms with Crippen LogP contribution in [0.15, 0.2) is 88.7 Å². The summed E-state index contributed by atoms with van der Waals surface area (Å²) in [6, 6.07) is 14.0. The standard InChI is InChI=1S/C30H20F5N5O2/c1-17-13-40(16-36-17)26-12-25-21(11-24(26)32)28(41)22(29-37-27(42-38-29)9-18-5-3-2-4-6-18)15-39(25)14-19-7-8-20(10-23(19)31)30(33,34)35/h2-8,10-13,15-16H,9,14H2,1H3. The van der Waals surface area contributed by atoms with Crippen molar-refractivity contribution in [2.45, 2.75) is 26.1 Å². The van der Waals surface area contributed by atoms with Crippen LogP contribution in [0.4, 0.5) is 22.0 Å². The number of aromatic nitrogens is 5. The van der Waals surface area contributed by atoms with Crippen molar-refractivity contribution < 1.29 is 26.5 Å². The molecule has 0 saturated heterocycles. The minimum Gasteiger partial charge on any atom is -0.342 e. The fourth-order valence-corrected chi connectivity index (χ4v) is 4.68. The number of fused-ring (bicyclic) bond motifs is 1. The topological polar surface area (TPSA) is 78.7 Å². The first-order valence-electron chi connectivity index (χ1n) is 12.7. The maximum atomic E-state index is 15.3. The van der Waals surface area contributed by atoms with Gasteiger partial charge in [0, 0.05) is 23.3 Å². The predicted molar refractivity (Wildman–Crippen MR) is 143 cm³/mol. The molecule has 6 aromatic rings. The summed E-state index contributed by atoms with van der Waals surface area (Å²) in [6.45, 7) is 1.44. The minimum atomic E-state index is -4.72. The fraction of sp³-hybridized carbons (Fsp3) is 0.133. The molecule has 212 valence electrons. The van der Waals surface area contributed by atoms with Gasteiger partial charge in [-0.2, -0.15) is 18.2 Å². The zero-order valence-electron chi connectivity index (χ0n) is 21.9. The molecule has 0 bridgehead atoms. The quantitative estimate of drug-likeness (QED) is 0.212. The molecule has 6 rings (SSSR count). The Hall–Kier alpha value is -5.13. The van der Waals surface area contributed by atoms with Crippen LogP contribution in [0.2, 0.25) is 0 Å². The van der Waals surface area contributed by atoms with Crippen LogP contribution in [0.25, 0.3) is 28.0 Å². The molecular weight excluding hydrogens is 557 g/mol. The molecule has 0 aliphatic carbocycles. The summed E-state index contributed by atoms with van der Waals surface area (Å²) in [5, 5.41) is 3.88. The third kappa shape index (κ3) is 5.18. The second-order valence-corrected chi connectivity index (χ2v) is 9.72. The predicted octanol–water partition coefficient (Wildman–Crippen LogP) is 6.48. The van der Waals surface area contributed by atoms with Crippen LogP contribution in [0.5, 0.6) is 0 Å². The average molecular weight is 578 g/mol. The molecule has 3 heterocycles. The number of hydrogen-bond donors (Lipinski definition) is 0. The van der Waals surface area contributed by atoms with Crippen molar-refractivity contribution in [3.8, 4) is 17.1 Å². The van der Waals surface area contributed by atoms with Crippen molar-refractivity contribution in [2.24, 2.45) is 0 Å². The van der Waals surface area contributed by atoms with E-state index in [0.29, 0.717) is 18.2 Å². The van der Waals surface area contributed by atoms with Gasteiger partial charge in [-0.25, -0.2) is 13.8 Å². The van der Waals surface area contributed by atoms with Crippen LogP contribution >= 0.6 is 0 Å². The van der Waals surface area contributed by atoms with E-state index in [9.17, 15) is 22.4 Å². The Morgan fingerprint density at radius 2 is 1.74 bits per heavy atom. The smallest absolute Gasteiger partial charge is 0.342 e. The molecule has 0 N–H and O–H groups in total. The Bertz CT molecular complexity index is 1990. The third-order valence-electron chi connectivity index (χ3n) is 6.77. The Kier molecular flexibility index (Phi) is 6.68. The molecule has 0 radical (unpaired) electrons. The van der Waals surface area contributed by atoms with Gasteiger partial charge in [-0.05, 0) is 36.8 Å². The average Bonchev–Trinajstić information content (AvgIpc) is 3.60. The molecule has 0 saturated carbocycles. The van der Waals surface area contributed by atoms with E-state index in [-0.39, 0.29) is 46.0 Å². The summed E-state index contributed by atoms with van der Waals surface area (Å²) in [5.41, 5.74) is -0.0755. The van der Waals surface area contributed by atoms with Crippen molar-refractivity contribution in [3.63, 3.8) is 0 Å². The maximum Gasteiger partial charge on any atom is 0.416 e. The van der Waals surface area contributed by atoms with Crippen molar-refractivity contribution in [3.05, 3.63) is 130 Å². The first kappa shape index (κ1) is 27.1.